The lowest BCUT2D eigenvalue weighted by Crippen LogP contribution is -2.04. The number of nitro benzene ring substituents is 1. The van der Waals surface area contributed by atoms with Crippen molar-refractivity contribution in [1.29, 1.82) is 0 Å². The summed E-state index contributed by atoms with van der Waals surface area (Å²) in [5.74, 6) is 0.999. The van der Waals surface area contributed by atoms with Crippen LogP contribution in [0.15, 0.2) is 6.07 Å². The molecular weight excluding hydrogens is 216 g/mol. The van der Waals surface area contributed by atoms with Gasteiger partial charge in [-0.15, -0.1) is 0 Å². The molecule has 4 nitrogen and oxygen atoms in total. The largest absolute Gasteiger partial charge is 0.393 e. The van der Waals surface area contributed by atoms with Gasteiger partial charge in [-0.3, -0.25) is 10.1 Å². The molecule has 0 atom stereocenters. The summed E-state index contributed by atoms with van der Waals surface area (Å²) in [5.41, 5.74) is 9.91. The molecule has 1 aromatic rings. The Hall–Kier alpha value is -1.58. The Bertz CT molecular complexity index is 503. The first kappa shape index (κ1) is 10.6. The summed E-state index contributed by atoms with van der Waals surface area (Å²) in [6.45, 7) is 2.07. The summed E-state index contributed by atoms with van der Waals surface area (Å²) in [4.78, 5) is 10.7. The minimum Gasteiger partial charge on any atom is -0.393 e. The summed E-state index contributed by atoms with van der Waals surface area (Å²) in [7, 11) is 0. The zero-order chi connectivity index (χ0) is 12.2. The molecule has 2 fully saturated rings. The number of nitrogen functional groups attached to an aromatic ring is 1. The highest BCUT2D eigenvalue weighted by molar-refractivity contribution is 5.70. The average molecular weight is 232 g/mol. The van der Waals surface area contributed by atoms with Gasteiger partial charge in [0.1, 0.15) is 5.69 Å². The molecule has 90 valence electrons. The van der Waals surface area contributed by atoms with Gasteiger partial charge >= 0.3 is 0 Å². The SMILES string of the molecule is Cc1c(C2CC2)cc([N+](=O)[O-])c(N)c1C1CC1. The van der Waals surface area contributed by atoms with Gasteiger partial charge in [-0.25, -0.2) is 0 Å². The Morgan fingerprint density at radius 1 is 1.29 bits per heavy atom. The molecular formula is C13H16N2O2. The molecule has 0 spiro atoms. The Labute approximate surface area is 100.0 Å². The molecule has 2 aliphatic rings. The van der Waals surface area contributed by atoms with Crippen molar-refractivity contribution in [2.45, 2.75) is 44.4 Å². The Balaban J connectivity index is 2.20. The van der Waals surface area contributed by atoms with Gasteiger partial charge in [0.15, 0.2) is 0 Å². The van der Waals surface area contributed by atoms with Gasteiger partial charge in [-0.05, 0) is 61.1 Å². The second kappa shape index (κ2) is 3.45. The van der Waals surface area contributed by atoms with Gasteiger partial charge in [0.2, 0.25) is 0 Å². The minimum atomic E-state index is -0.341. The van der Waals surface area contributed by atoms with Crippen molar-refractivity contribution in [3.05, 3.63) is 32.9 Å². The highest BCUT2D eigenvalue weighted by Gasteiger charge is 2.35. The van der Waals surface area contributed by atoms with E-state index in [-0.39, 0.29) is 10.6 Å². The van der Waals surface area contributed by atoms with Crippen molar-refractivity contribution in [2.24, 2.45) is 0 Å². The normalized spacial score (nSPS) is 19.4. The molecule has 4 heteroatoms. The fourth-order valence-corrected chi connectivity index (χ4v) is 2.70. The van der Waals surface area contributed by atoms with Crippen LogP contribution < -0.4 is 5.73 Å². The summed E-state index contributed by atoms with van der Waals surface area (Å²) in [5, 5.41) is 11.0. The molecule has 0 aromatic heterocycles. The van der Waals surface area contributed by atoms with Crippen molar-refractivity contribution < 1.29 is 4.92 Å². The highest BCUT2D eigenvalue weighted by atomic mass is 16.6. The van der Waals surface area contributed by atoms with E-state index in [1.54, 1.807) is 6.07 Å². The lowest BCUT2D eigenvalue weighted by atomic mass is 9.93. The molecule has 0 saturated heterocycles. The van der Waals surface area contributed by atoms with Crippen molar-refractivity contribution in [3.8, 4) is 0 Å². The molecule has 2 N–H and O–H groups in total. The van der Waals surface area contributed by atoms with Gasteiger partial charge in [-0.1, -0.05) is 0 Å². The third-order valence-electron chi connectivity index (χ3n) is 3.89. The first-order chi connectivity index (χ1) is 8.09. The van der Waals surface area contributed by atoms with Crippen molar-refractivity contribution >= 4 is 11.4 Å². The number of nitrogens with two attached hydrogens (primary N) is 1. The third kappa shape index (κ3) is 1.68. The Morgan fingerprint density at radius 3 is 2.35 bits per heavy atom. The summed E-state index contributed by atoms with van der Waals surface area (Å²) in [6, 6.07) is 1.70. The second-order valence-corrected chi connectivity index (χ2v) is 5.24. The summed E-state index contributed by atoms with van der Waals surface area (Å²) < 4.78 is 0. The molecule has 0 unspecified atom stereocenters. The van der Waals surface area contributed by atoms with Crippen LogP contribution in [0.5, 0.6) is 0 Å². The Morgan fingerprint density at radius 2 is 1.88 bits per heavy atom. The van der Waals surface area contributed by atoms with E-state index in [0.717, 1.165) is 36.8 Å². The smallest absolute Gasteiger partial charge is 0.292 e. The molecule has 0 radical (unpaired) electrons. The highest BCUT2D eigenvalue weighted by Crippen LogP contribution is 2.51. The number of rotatable bonds is 3. The van der Waals surface area contributed by atoms with Gasteiger partial charge in [0, 0.05) is 6.07 Å². The van der Waals surface area contributed by atoms with E-state index in [1.807, 2.05) is 0 Å². The Kier molecular flexibility index (Phi) is 2.15. The predicted molar refractivity (Wildman–Crippen MR) is 66.2 cm³/mol. The van der Waals surface area contributed by atoms with Gasteiger partial charge in [0.05, 0.1) is 4.92 Å². The zero-order valence-electron chi connectivity index (χ0n) is 9.90. The van der Waals surface area contributed by atoms with Crippen LogP contribution in [-0.4, -0.2) is 4.92 Å². The van der Waals surface area contributed by atoms with E-state index in [1.165, 1.54) is 5.56 Å². The van der Waals surface area contributed by atoms with E-state index in [9.17, 15) is 10.1 Å². The summed E-state index contributed by atoms with van der Waals surface area (Å²) in [6.07, 6.45) is 4.56. The predicted octanol–water partition coefficient (Wildman–Crippen LogP) is 3.24. The second-order valence-electron chi connectivity index (χ2n) is 5.24. The fraction of sp³-hybridized carbons (Fsp3) is 0.538. The molecule has 17 heavy (non-hydrogen) atoms. The number of hydrogen-bond acceptors (Lipinski definition) is 3. The topological polar surface area (TPSA) is 69.2 Å². The van der Waals surface area contributed by atoms with E-state index in [2.05, 4.69) is 6.92 Å². The fourth-order valence-electron chi connectivity index (χ4n) is 2.70. The molecule has 1 aromatic carbocycles. The average Bonchev–Trinajstić information content (AvgIpc) is 3.12. The maximum atomic E-state index is 11.0. The zero-order valence-corrected chi connectivity index (χ0v) is 9.90. The first-order valence-corrected chi connectivity index (χ1v) is 6.17. The lowest BCUT2D eigenvalue weighted by molar-refractivity contribution is -0.384. The van der Waals surface area contributed by atoms with Gasteiger partial charge in [0.25, 0.3) is 5.69 Å². The molecule has 2 aliphatic carbocycles. The van der Waals surface area contributed by atoms with Gasteiger partial charge < -0.3 is 5.73 Å². The van der Waals surface area contributed by atoms with E-state index in [4.69, 9.17) is 5.73 Å². The maximum absolute atomic E-state index is 11.0. The number of nitrogens with zero attached hydrogens (tertiary/aromatic N) is 1. The number of hydrogen-bond donors (Lipinski definition) is 1. The molecule has 0 heterocycles. The maximum Gasteiger partial charge on any atom is 0.292 e. The van der Waals surface area contributed by atoms with Crippen molar-refractivity contribution in [1.82, 2.24) is 0 Å². The van der Waals surface area contributed by atoms with Crippen LogP contribution in [0.2, 0.25) is 0 Å². The van der Waals surface area contributed by atoms with Gasteiger partial charge in [-0.2, -0.15) is 0 Å². The van der Waals surface area contributed by atoms with Crippen LogP contribution in [0.3, 0.4) is 0 Å². The lowest BCUT2D eigenvalue weighted by Gasteiger charge is -2.13. The van der Waals surface area contributed by atoms with Crippen LogP contribution in [0.25, 0.3) is 0 Å². The monoisotopic (exact) mass is 232 g/mol. The molecule has 3 rings (SSSR count). The summed E-state index contributed by atoms with van der Waals surface area (Å²) >= 11 is 0. The first-order valence-electron chi connectivity index (χ1n) is 6.17. The van der Waals surface area contributed by atoms with E-state index < -0.39 is 0 Å². The molecule has 0 bridgehead atoms. The van der Waals surface area contributed by atoms with Crippen LogP contribution in [0.1, 0.15) is 54.2 Å². The quantitative estimate of drug-likeness (QED) is 0.494. The van der Waals surface area contributed by atoms with Crippen molar-refractivity contribution in [2.75, 3.05) is 5.73 Å². The van der Waals surface area contributed by atoms with Crippen LogP contribution in [0.4, 0.5) is 11.4 Å². The van der Waals surface area contributed by atoms with Crippen molar-refractivity contribution in [3.63, 3.8) is 0 Å². The standard InChI is InChI=1S/C13H16N2O2/c1-7-10(8-2-3-8)6-11(15(16)17)13(14)12(7)9-4-5-9/h6,8-9H,2-5,14H2,1H3. The van der Waals surface area contributed by atoms with Crippen LogP contribution >= 0.6 is 0 Å². The third-order valence-corrected chi connectivity index (χ3v) is 3.89. The van der Waals surface area contributed by atoms with Crippen LogP contribution in [-0.2, 0) is 0 Å². The molecule has 0 amide bonds. The number of benzene rings is 1. The molecule has 2 saturated carbocycles. The number of nitro groups is 1. The molecule has 0 aliphatic heterocycles. The van der Waals surface area contributed by atoms with E-state index in [0.29, 0.717) is 17.5 Å². The minimum absolute atomic E-state index is 0.111. The van der Waals surface area contributed by atoms with E-state index >= 15 is 0 Å². The van der Waals surface area contributed by atoms with Crippen LogP contribution in [0, 0.1) is 17.0 Å². The number of anilines is 1.